The van der Waals surface area contributed by atoms with Gasteiger partial charge < -0.3 is 15.4 Å². The molecule has 1 amide bonds. The lowest BCUT2D eigenvalue weighted by Crippen LogP contribution is -2.38. The second-order valence-corrected chi connectivity index (χ2v) is 6.13. The van der Waals surface area contributed by atoms with Crippen LogP contribution in [0.1, 0.15) is 39.5 Å². The molecule has 2 rings (SSSR count). The summed E-state index contributed by atoms with van der Waals surface area (Å²) < 4.78 is 5.68. The van der Waals surface area contributed by atoms with Gasteiger partial charge in [-0.15, -0.1) is 12.4 Å². The predicted molar refractivity (Wildman–Crippen MR) is 78.3 cm³/mol. The fraction of sp³-hybridized carbons (Fsp3) is 0.929. The summed E-state index contributed by atoms with van der Waals surface area (Å²) in [4.78, 5) is 14.3. The molecule has 0 saturated carbocycles. The Balaban J connectivity index is 0.00000180. The highest BCUT2D eigenvalue weighted by atomic mass is 35.5. The van der Waals surface area contributed by atoms with Crippen LogP contribution in [0.15, 0.2) is 0 Å². The molecule has 2 N–H and O–H groups in total. The number of likely N-dealkylation sites (tertiary alicyclic amines) is 1. The summed E-state index contributed by atoms with van der Waals surface area (Å²) >= 11 is 0. The highest BCUT2D eigenvalue weighted by molar-refractivity contribution is 5.85. The maximum absolute atomic E-state index is 12.3. The lowest BCUT2D eigenvalue weighted by Gasteiger charge is -2.21. The van der Waals surface area contributed by atoms with Gasteiger partial charge in [0.05, 0.1) is 6.10 Å². The molecule has 5 heteroatoms. The Morgan fingerprint density at radius 2 is 2.11 bits per heavy atom. The normalized spacial score (nSPS) is 30.7. The Bertz CT molecular complexity index is 299. The van der Waals surface area contributed by atoms with E-state index in [9.17, 15) is 4.79 Å². The molecule has 2 heterocycles. The Morgan fingerprint density at radius 3 is 2.68 bits per heavy atom. The van der Waals surface area contributed by atoms with Gasteiger partial charge in [0, 0.05) is 19.6 Å². The van der Waals surface area contributed by atoms with Crippen LogP contribution < -0.4 is 5.73 Å². The van der Waals surface area contributed by atoms with Gasteiger partial charge in [0.15, 0.2) is 0 Å². The monoisotopic (exact) mass is 290 g/mol. The number of rotatable bonds is 4. The zero-order valence-electron chi connectivity index (χ0n) is 12.0. The number of nitrogens with zero attached hydrogens (tertiary/aromatic N) is 1. The standard InChI is InChI=1S/C14H26N2O2.ClH/c1-10(2)7-11-5-6-16(9-11)14(17)13-4-3-12(8-15)18-13;/h10-13H,3-9,15H2,1-2H3;1H/t11?,12-,13+;/m1./s1. The molecule has 0 spiro atoms. The minimum absolute atomic E-state index is 0. The molecule has 3 atom stereocenters. The molecule has 112 valence electrons. The molecule has 0 radical (unpaired) electrons. The molecule has 0 bridgehead atoms. The molecule has 0 aromatic heterocycles. The number of amides is 1. The van der Waals surface area contributed by atoms with Gasteiger partial charge in [-0.25, -0.2) is 0 Å². The molecular weight excluding hydrogens is 264 g/mol. The molecule has 0 aromatic carbocycles. The Kier molecular flexibility index (Phi) is 6.57. The highest BCUT2D eigenvalue weighted by Crippen LogP contribution is 2.27. The second kappa shape index (κ2) is 7.46. The van der Waals surface area contributed by atoms with Crippen LogP contribution in [-0.2, 0) is 9.53 Å². The number of hydrogen-bond donors (Lipinski definition) is 1. The van der Waals surface area contributed by atoms with Gasteiger partial charge in [0.25, 0.3) is 5.91 Å². The lowest BCUT2D eigenvalue weighted by molar-refractivity contribution is -0.141. The van der Waals surface area contributed by atoms with Crippen LogP contribution in [0.3, 0.4) is 0 Å². The summed E-state index contributed by atoms with van der Waals surface area (Å²) in [5, 5.41) is 0. The third kappa shape index (κ3) is 4.33. The number of carbonyl (C=O) groups is 1. The topological polar surface area (TPSA) is 55.6 Å². The van der Waals surface area contributed by atoms with Crippen molar-refractivity contribution in [3.05, 3.63) is 0 Å². The third-order valence-electron chi connectivity index (χ3n) is 4.05. The number of ether oxygens (including phenoxy) is 1. The van der Waals surface area contributed by atoms with E-state index in [-0.39, 0.29) is 30.5 Å². The van der Waals surface area contributed by atoms with Crippen LogP contribution in [0.5, 0.6) is 0 Å². The molecule has 0 aliphatic carbocycles. The SMILES string of the molecule is CC(C)CC1CCN(C(=O)[C@@H]2CC[C@H](CN)O2)C1.Cl. The minimum Gasteiger partial charge on any atom is -0.364 e. The summed E-state index contributed by atoms with van der Waals surface area (Å²) in [6.45, 7) is 6.85. The van der Waals surface area contributed by atoms with Crippen LogP contribution in [0.4, 0.5) is 0 Å². The molecular formula is C14H27ClN2O2. The van der Waals surface area contributed by atoms with Gasteiger partial charge in [-0.2, -0.15) is 0 Å². The Morgan fingerprint density at radius 1 is 1.37 bits per heavy atom. The molecule has 2 aliphatic heterocycles. The fourth-order valence-electron chi connectivity index (χ4n) is 3.16. The van der Waals surface area contributed by atoms with Crippen molar-refractivity contribution >= 4 is 18.3 Å². The Labute approximate surface area is 122 Å². The number of nitrogens with two attached hydrogens (primary N) is 1. The van der Waals surface area contributed by atoms with E-state index in [0.29, 0.717) is 12.5 Å². The third-order valence-corrected chi connectivity index (χ3v) is 4.05. The first-order valence-electron chi connectivity index (χ1n) is 7.24. The smallest absolute Gasteiger partial charge is 0.251 e. The summed E-state index contributed by atoms with van der Waals surface area (Å²) in [5.41, 5.74) is 5.58. The van der Waals surface area contributed by atoms with Crippen molar-refractivity contribution in [2.75, 3.05) is 19.6 Å². The molecule has 0 aromatic rings. The maximum Gasteiger partial charge on any atom is 0.251 e. The predicted octanol–water partition coefficient (Wildman–Crippen LogP) is 1.81. The molecule has 2 saturated heterocycles. The van der Waals surface area contributed by atoms with Crippen molar-refractivity contribution in [3.63, 3.8) is 0 Å². The zero-order chi connectivity index (χ0) is 13.1. The van der Waals surface area contributed by atoms with Crippen molar-refractivity contribution in [2.24, 2.45) is 17.6 Å². The van der Waals surface area contributed by atoms with Crippen molar-refractivity contribution in [1.29, 1.82) is 0 Å². The van der Waals surface area contributed by atoms with Gasteiger partial charge >= 0.3 is 0 Å². The fourth-order valence-corrected chi connectivity index (χ4v) is 3.16. The number of carbonyl (C=O) groups excluding carboxylic acids is 1. The molecule has 1 unspecified atom stereocenters. The largest absolute Gasteiger partial charge is 0.364 e. The maximum atomic E-state index is 12.3. The second-order valence-electron chi connectivity index (χ2n) is 6.13. The van der Waals surface area contributed by atoms with Gasteiger partial charge in [-0.3, -0.25) is 4.79 Å². The lowest BCUT2D eigenvalue weighted by atomic mass is 9.97. The van der Waals surface area contributed by atoms with Crippen LogP contribution in [0, 0.1) is 11.8 Å². The van der Waals surface area contributed by atoms with Crippen LogP contribution in [-0.4, -0.2) is 42.6 Å². The van der Waals surface area contributed by atoms with Crippen molar-refractivity contribution in [2.45, 2.75) is 51.7 Å². The number of halogens is 1. The van der Waals surface area contributed by atoms with Crippen LogP contribution >= 0.6 is 12.4 Å². The quantitative estimate of drug-likeness (QED) is 0.859. The van der Waals surface area contributed by atoms with E-state index in [1.165, 1.54) is 6.42 Å². The summed E-state index contributed by atoms with van der Waals surface area (Å²) in [7, 11) is 0. The first-order chi connectivity index (χ1) is 8.60. The Hall–Kier alpha value is -0.320. The van der Waals surface area contributed by atoms with Crippen molar-refractivity contribution < 1.29 is 9.53 Å². The molecule has 19 heavy (non-hydrogen) atoms. The van der Waals surface area contributed by atoms with Gasteiger partial charge in [-0.05, 0) is 37.5 Å². The molecule has 4 nitrogen and oxygen atoms in total. The van der Waals surface area contributed by atoms with E-state index < -0.39 is 0 Å². The van der Waals surface area contributed by atoms with Gasteiger partial charge in [0.1, 0.15) is 6.10 Å². The first kappa shape index (κ1) is 16.7. The zero-order valence-corrected chi connectivity index (χ0v) is 12.8. The summed E-state index contributed by atoms with van der Waals surface area (Å²) in [6.07, 6.45) is 4.00. The van der Waals surface area contributed by atoms with Crippen molar-refractivity contribution in [1.82, 2.24) is 4.90 Å². The number of hydrogen-bond acceptors (Lipinski definition) is 3. The molecule has 2 fully saturated rings. The van der Waals surface area contributed by atoms with Gasteiger partial charge in [0.2, 0.25) is 0 Å². The van der Waals surface area contributed by atoms with Crippen molar-refractivity contribution in [3.8, 4) is 0 Å². The summed E-state index contributed by atoms with van der Waals surface area (Å²) in [6, 6.07) is 0. The van der Waals surface area contributed by atoms with E-state index in [1.54, 1.807) is 0 Å². The van der Waals surface area contributed by atoms with E-state index in [1.807, 2.05) is 4.90 Å². The minimum atomic E-state index is -0.226. The van der Waals surface area contributed by atoms with Crippen LogP contribution in [0.2, 0.25) is 0 Å². The average Bonchev–Trinajstić information content (AvgIpc) is 2.95. The molecule has 2 aliphatic rings. The van der Waals surface area contributed by atoms with E-state index in [0.717, 1.165) is 38.3 Å². The van der Waals surface area contributed by atoms with Crippen LogP contribution in [0.25, 0.3) is 0 Å². The van der Waals surface area contributed by atoms with E-state index >= 15 is 0 Å². The first-order valence-corrected chi connectivity index (χ1v) is 7.24. The van der Waals surface area contributed by atoms with Gasteiger partial charge in [-0.1, -0.05) is 13.8 Å². The van der Waals surface area contributed by atoms with E-state index in [4.69, 9.17) is 10.5 Å². The highest BCUT2D eigenvalue weighted by Gasteiger charge is 2.35. The van der Waals surface area contributed by atoms with E-state index in [2.05, 4.69) is 13.8 Å². The average molecular weight is 291 g/mol. The summed E-state index contributed by atoms with van der Waals surface area (Å²) in [5.74, 6) is 1.59.